The Morgan fingerprint density at radius 1 is 0.929 bits per heavy atom. The molecule has 4 aliphatic rings. The van der Waals surface area contributed by atoms with Gasteiger partial charge in [0.2, 0.25) is 16.6 Å². The number of pyridine rings is 1. The second-order valence-corrected chi connectivity index (χ2v) is 26.1. The fourth-order valence-corrected chi connectivity index (χ4v) is 6.66. The highest BCUT2D eigenvalue weighted by atomic mass is 28.4. The molecule has 238 valence electrons. The summed E-state index contributed by atoms with van der Waals surface area (Å²) in [5, 5.41) is 2.42. The molecule has 2 unspecified atom stereocenters. The molecule has 1 fully saturated rings. The highest BCUT2D eigenvalue weighted by Crippen LogP contribution is 2.48. The molecule has 7 heteroatoms. The van der Waals surface area contributed by atoms with E-state index in [1.165, 1.54) is 0 Å². The van der Waals surface area contributed by atoms with E-state index in [0.29, 0.717) is 5.41 Å². The number of fused-ring (bicyclic) bond motifs is 2. The molecule has 5 nitrogen and oxygen atoms in total. The molecule has 5 rings (SSSR count). The van der Waals surface area contributed by atoms with Crippen molar-refractivity contribution in [3.8, 4) is 0 Å². The first kappa shape index (κ1) is 36.4. The summed E-state index contributed by atoms with van der Waals surface area (Å²) in [4.78, 5) is 11.0. The Kier molecular flexibility index (Phi) is 10.6. The quantitative estimate of drug-likeness (QED) is 0.309. The van der Waals surface area contributed by atoms with Crippen LogP contribution in [-0.2, 0) is 13.7 Å². The Hall–Kier alpha value is -1.84. The highest BCUT2D eigenvalue weighted by molar-refractivity contribution is 6.74. The molecule has 0 aromatic carbocycles. The summed E-state index contributed by atoms with van der Waals surface area (Å²) in [5.74, 6) is 3.02. The van der Waals surface area contributed by atoms with Gasteiger partial charge in [-0.15, -0.1) is 0 Å². The molecular weight excluding hydrogens is 553 g/mol. The average molecular weight is 615 g/mol. The minimum atomic E-state index is -1.89. The number of rotatable bonds is 5. The SMILES string of the molecule is C.CC1(C)C=CC(O[Si](C)(C)C(C)(C)C)=CC1.Cc1cccc(N2OC3C=C(O[Si](C)(C)C(C)(C)C)C2CC3(C)C)n1. The summed E-state index contributed by atoms with van der Waals surface area (Å²) in [5.41, 5.74) is 1.39. The van der Waals surface area contributed by atoms with Gasteiger partial charge in [0.1, 0.15) is 17.9 Å². The molecule has 0 amide bonds. The van der Waals surface area contributed by atoms with E-state index in [1.54, 1.807) is 0 Å². The van der Waals surface area contributed by atoms with E-state index < -0.39 is 16.6 Å². The zero-order valence-electron chi connectivity index (χ0n) is 28.7. The molecule has 2 bridgehead atoms. The predicted octanol–water partition coefficient (Wildman–Crippen LogP) is 10.7. The van der Waals surface area contributed by atoms with Gasteiger partial charge in [0.25, 0.3) is 0 Å². The van der Waals surface area contributed by atoms with Gasteiger partial charge in [-0.1, -0.05) is 88.8 Å². The summed E-state index contributed by atoms with van der Waals surface area (Å²) < 4.78 is 13.0. The highest BCUT2D eigenvalue weighted by Gasteiger charge is 2.51. The molecule has 0 N–H and O–H groups in total. The fourth-order valence-electron chi connectivity index (χ4n) is 4.51. The van der Waals surface area contributed by atoms with Crippen molar-refractivity contribution in [3.05, 3.63) is 59.7 Å². The normalized spacial score (nSPS) is 23.2. The maximum atomic E-state index is 6.70. The van der Waals surface area contributed by atoms with Gasteiger partial charge in [0.15, 0.2) is 5.82 Å². The van der Waals surface area contributed by atoms with E-state index in [9.17, 15) is 0 Å². The van der Waals surface area contributed by atoms with E-state index in [0.717, 1.165) is 35.9 Å². The van der Waals surface area contributed by atoms with Crippen LogP contribution in [0.15, 0.2) is 54.0 Å². The van der Waals surface area contributed by atoms with Crippen LogP contribution >= 0.6 is 0 Å². The van der Waals surface area contributed by atoms with Crippen LogP contribution in [0.3, 0.4) is 0 Å². The smallest absolute Gasteiger partial charge is 0.250 e. The molecule has 2 atom stereocenters. The first-order chi connectivity index (χ1) is 18.4. The van der Waals surface area contributed by atoms with Gasteiger partial charge in [-0.25, -0.2) is 10.0 Å². The van der Waals surface area contributed by atoms with Gasteiger partial charge in [-0.2, -0.15) is 0 Å². The lowest BCUT2D eigenvalue weighted by Gasteiger charge is -2.53. The van der Waals surface area contributed by atoms with Crippen LogP contribution in [-0.4, -0.2) is 33.8 Å². The maximum absolute atomic E-state index is 6.70. The molecule has 1 aromatic rings. The van der Waals surface area contributed by atoms with Crippen molar-refractivity contribution in [2.75, 3.05) is 5.06 Å². The van der Waals surface area contributed by atoms with E-state index >= 15 is 0 Å². The van der Waals surface area contributed by atoms with Crippen LogP contribution in [0, 0.1) is 17.8 Å². The first-order valence-electron chi connectivity index (χ1n) is 15.3. The lowest BCUT2D eigenvalue weighted by Crippen LogP contribution is -2.58. The predicted molar refractivity (Wildman–Crippen MR) is 186 cm³/mol. The zero-order valence-corrected chi connectivity index (χ0v) is 30.7. The largest absolute Gasteiger partial charge is 0.545 e. The van der Waals surface area contributed by atoms with E-state index in [1.807, 2.05) is 30.2 Å². The van der Waals surface area contributed by atoms with E-state index in [2.05, 4.69) is 125 Å². The van der Waals surface area contributed by atoms with Crippen LogP contribution in [0.5, 0.6) is 0 Å². The molecule has 1 aromatic heterocycles. The van der Waals surface area contributed by atoms with Crippen molar-refractivity contribution in [1.82, 2.24) is 4.98 Å². The summed E-state index contributed by atoms with van der Waals surface area (Å²) in [6.07, 6.45) is 10.9. The van der Waals surface area contributed by atoms with Crippen molar-refractivity contribution in [3.63, 3.8) is 0 Å². The van der Waals surface area contributed by atoms with E-state index in [4.69, 9.17) is 13.7 Å². The third-order valence-electron chi connectivity index (χ3n) is 9.63. The lowest BCUT2D eigenvalue weighted by atomic mass is 9.74. The van der Waals surface area contributed by atoms with Crippen LogP contribution in [0.4, 0.5) is 5.82 Å². The summed E-state index contributed by atoms with van der Waals surface area (Å²) in [6, 6.07) is 6.15. The summed E-state index contributed by atoms with van der Waals surface area (Å²) in [6.45, 7) is 33.9. The number of aryl methyl sites for hydroxylation is 1. The standard InChI is InChI=1S/C20H32N2O2Si.C14H26OSi.CH4/c1-14-10-9-11-18(21-14)22-15-13-20(5,6)17(23-22)12-16(15)24-25(7,8)19(2,3)4;1-13(2,3)16(6,7)15-12-8-10-14(4,5)11-9-12;/h9-12,15,17H,13H2,1-8H3;8-10H,11H2,1-7H3;1H4. The number of anilines is 1. The monoisotopic (exact) mass is 614 g/mol. The molecule has 0 spiro atoms. The second-order valence-electron chi connectivity index (χ2n) is 16.6. The number of hydrogen-bond donors (Lipinski definition) is 0. The van der Waals surface area contributed by atoms with Crippen LogP contribution in [0.25, 0.3) is 0 Å². The lowest BCUT2D eigenvalue weighted by molar-refractivity contribution is -0.0865. The molecule has 0 radical (unpaired) electrons. The topological polar surface area (TPSA) is 43.8 Å². The van der Waals surface area contributed by atoms with Crippen LogP contribution in [0.2, 0.25) is 36.3 Å². The molecule has 42 heavy (non-hydrogen) atoms. The van der Waals surface area contributed by atoms with Gasteiger partial charge >= 0.3 is 0 Å². The van der Waals surface area contributed by atoms with Crippen molar-refractivity contribution >= 4 is 22.5 Å². The van der Waals surface area contributed by atoms with Gasteiger partial charge < -0.3 is 8.85 Å². The molecule has 2 aliphatic carbocycles. The molecule has 3 heterocycles. The third kappa shape index (κ3) is 8.41. The van der Waals surface area contributed by atoms with Crippen molar-refractivity contribution < 1.29 is 13.7 Å². The number of hydroxylamine groups is 1. The molecule has 1 saturated heterocycles. The number of hydrogen-bond acceptors (Lipinski definition) is 5. The Balaban J connectivity index is 0.000000316. The third-order valence-corrected chi connectivity index (χ3v) is 18.3. The molecular formula is C35H62N2O3Si2. The van der Waals surface area contributed by atoms with Crippen LogP contribution < -0.4 is 5.06 Å². The first-order valence-corrected chi connectivity index (χ1v) is 21.1. The number of nitrogens with zero attached hydrogens (tertiary/aromatic N) is 2. The van der Waals surface area contributed by atoms with Crippen molar-refractivity contribution in [2.24, 2.45) is 10.8 Å². The summed E-state index contributed by atoms with van der Waals surface area (Å²) in [7, 11) is -3.55. The fraction of sp³-hybridized carbons (Fsp3) is 0.686. The Labute approximate surface area is 261 Å². The Morgan fingerprint density at radius 3 is 1.98 bits per heavy atom. The minimum absolute atomic E-state index is 0. The van der Waals surface area contributed by atoms with Gasteiger partial charge in [-0.05, 0) is 97.2 Å². The maximum Gasteiger partial charge on any atom is 0.250 e. The average Bonchev–Trinajstić information content (AvgIpc) is 2.79. The van der Waals surface area contributed by atoms with Crippen molar-refractivity contribution in [1.29, 1.82) is 0 Å². The zero-order chi connectivity index (χ0) is 31.2. The van der Waals surface area contributed by atoms with E-state index in [-0.39, 0.29) is 35.1 Å². The number of aromatic nitrogens is 1. The van der Waals surface area contributed by atoms with Crippen LogP contribution in [0.1, 0.15) is 95.2 Å². The van der Waals surface area contributed by atoms with Crippen molar-refractivity contribution in [2.45, 2.75) is 145 Å². The van der Waals surface area contributed by atoms with Gasteiger partial charge in [0.05, 0.1) is 5.76 Å². The summed E-state index contributed by atoms with van der Waals surface area (Å²) >= 11 is 0. The minimum Gasteiger partial charge on any atom is -0.545 e. The second kappa shape index (κ2) is 12.3. The van der Waals surface area contributed by atoms with Gasteiger partial charge in [-0.3, -0.25) is 4.84 Å². The number of allylic oxidation sites excluding steroid dienone is 3. The molecule has 0 saturated carbocycles. The Morgan fingerprint density at radius 2 is 1.50 bits per heavy atom. The Bertz CT molecular complexity index is 1180. The van der Waals surface area contributed by atoms with Gasteiger partial charge in [0, 0.05) is 5.69 Å². The molecule has 2 aliphatic heterocycles.